The molecule has 0 aliphatic heterocycles. The van der Waals surface area contributed by atoms with Crippen molar-refractivity contribution in [2.45, 2.75) is 11.8 Å². The summed E-state index contributed by atoms with van der Waals surface area (Å²) in [7, 11) is -3.68. The lowest BCUT2D eigenvalue weighted by Crippen LogP contribution is -2.11. The van der Waals surface area contributed by atoms with E-state index in [1.54, 1.807) is 12.1 Å². The van der Waals surface area contributed by atoms with E-state index in [0.717, 1.165) is 22.0 Å². The zero-order valence-corrected chi connectivity index (χ0v) is 13.9. The molecule has 0 aliphatic rings. The van der Waals surface area contributed by atoms with E-state index >= 15 is 0 Å². The fourth-order valence-electron chi connectivity index (χ4n) is 2.47. The third-order valence-electron chi connectivity index (χ3n) is 3.71. The molecule has 0 unspecified atom stereocenters. The number of fused-ring (bicyclic) bond motifs is 1. The summed E-state index contributed by atoms with van der Waals surface area (Å²) in [5.74, 6) is 0. The van der Waals surface area contributed by atoms with Gasteiger partial charge < -0.3 is 0 Å². The van der Waals surface area contributed by atoms with Gasteiger partial charge in [0.25, 0.3) is 0 Å². The zero-order valence-electron chi connectivity index (χ0n) is 13.1. The first-order valence-electron chi connectivity index (χ1n) is 7.36. The summed E-state index contributed by atoms with van der Waals surface area (Å²) >= 11 is 0. The molecule has 0 aromatic heterocycles. The molecule has 0 amide bonds. The molecule has 24 heavy (non-hydrogen) atoms. The van der Waals surface area contributed by atoms with Gasteiger partial charge in [0.1, 0.15) is 0 Å². The number of hydrogen-bond donors (Lipinski definition) is 2. The minimum atomic E-state index is -3.68. The van der Waals surface area contributed by atoms with Gasteiger partial charge in [0, 0.05) is 5.56 Å². The van der Waals surface area contributed by atoms with Crippen molar-refractivity contribution in [1.29, 1.82) is 0 Å². The van der Waals surface area contributed by atoms with Crippen LogP contribution in [0.2, 0.25) is 0 Å². The van der Waals surface area contributed by atoms with Crippen LogP contribution in [-0.4, -0.2) is 14.1 Å². The molecule has 0 fully saturated rings. The average molecular weight is 339 g/mol. The highest BCUT2D eigenvalue weighted by Gasteiger charge is 2.07. The molecule has 122 valence electrons. The Kier molecular flexibility index (Phi) is 4.33. The maximum absolute atomic E-state index is 11.2. The highest BCUT2D eigenvalue weighted by Crippen LogP contribution is 2.19. The lowest BCUT2D eigenvalue weighted by Gasteiger charge is -2.07. The highest BCUT2D eigenvalue weighted by atomic mass is 32.2. The second-order valence-corrected chi connectivity index (χ2v) is 6.97. The number of primary sulfonamides is 1. The van der Waals surface area contributed by atoms with Crippen LogP contribution < -0.4 is 10.6 Å². The summed E-state index contributed by atoms with van der Waals surface area (Å²) in [6, 6.07) is 20.3. The van der Waals surface area contributed by atoms with Crippen LogP contribution in [-0.2, 0) is 10.0 Å². The molecule has 0 saturated carbocycles. The van der Waals surface area contributed by atoms with Gasteiger partial charge in [0.05, 0.1) is 16.3 Å². The van der Waals surface area contributed by atoms with Crippen molar-refractivity contribution in [2.24, 2.45) is 10.2 Å². The van der Waals surface area contributed by atoms with Crippen molar-refractivity contribution >= 4 is 32.2 Å². The Bertz CT molecular complexity index is 1000. The normalized spacial score (nSPS) is 12.3. The van der Waals surface area contributed by atoms with Crippen LogP contribution in [0.4, 0.5) is 5.69 Å². The molecule has 3 N–H and O–H groups in total. The van der Waals surface area contributed by atoms with Crippen LogP contribution in [0.3, 0.4) is 0 Å². The van der Waals surface area contributed by atoms with Crippen LogP contribution in [0.25, 0.3) is 10.8 Å². The standard InChI is InChI=1S/C18H17N3O2S/c1-13(17-8-4-6-14-5-2-3-7-18(14)17)20-21-15-9-11-16(12-10-15)24(19,22)23/h2-12,21H,1H3,(H2,19,22,23)/b20-13+. The molecule has 3 rings (SSSR count). The molecule has 6 heteroatoms. The highest BCUT2D eigenvalue weighted by molar-refractivity contribution is 7.89. The number of sulfonamides is 1. The van der Waals surface area contributed by atoms with E-state index in [9.17, 15) is 8.42 Å². The summed E-state index contributed by atoms with van der Waals surface area (Å²) in [5.41, 5.74) is 5.50. The van der Waals surface area contributed by atoms with Crippen LogP contribution in [0.15, 0.2) is 76.7 Å². The summed E-state index contributed by atoms with van der Waals surface area (Å²) in [6.45, 7) is 1.92. The van der Waals surface area contributed by atoms with Gasteiger partial charge in [-0.1, -0.05) is 42.5 Å². The minimum Gasteiger partial charge on any atom is -0.278 e. The number of benzene rings is 3. The Balaban J connectivity index is 1.86. The molecule has 0 aliphatic carbocycles. The van der Waals surface area contributed by atoms with Crippen molar-refractivity contribution in [3.63, 3.8) is 0 Å². The van der Waals surface area contributed by atoms with E-state index < -0.39 is 10.0 Å². The van der Waals surface area contributed by atoms with Gasteiger partial charge in [-0.15, -0.1) is 0 Å². The molecule has 0 radical (unpaired) electrons. The Hall–Kier alpha value is -2.70. The molecule has 0 bridgehead atoms. The topological polar surface area (TPSA) is 84.5 Å². The number of nitrogens with one attached hydrogen (secondary N) is 1. The van der Waals surface area contributed by atoms with Crippen molar-refractivity contribution < 1.29 is 8.42 Å². The summed E-state index contributed by atoms with van der Waals surface area (Å²) in [6.07, 6.45) is 0. The van der Waals surface area contributed by atoms with E-state index in [1.807, 2.05) is 31.2 Å². The first-order chi connectivity index (χ1) is 11.4. The van der Waals surface area contributed by atoms with Crippen molar-refractivity contribution in [2.75, 3.05) is 5.43 Å². The van der Waals surface area contributed by atoms with E-state index in [4.69, 9.17) is 5.14 Å². The molecule has 3 aromatic carbocycles. The number of nitrogens with zero attached hydrogens (tertiary/aromatic N) is 1. The van der Waals surface area contributed by atoms with Crippen molar-refractivity contribution in [3.05, 3.63) is 72.3 Å². The van der Waals surface area contributed by atoms with Gasteiger partial charge in [-0.3, -0.25) is 5.43 Å². The number of rotatable bonds is 4. The fourth-order valence-corrected chi connectivity index (χ4v) is 2.98. The predicted molar refractivity (Wildman–Crippen MR) is 97.6 cm³/mol. The van der Waals surface area contributed by atoms with Crippen molar-refractivity contribution in [3.8, 4) is 0 Å². The lowest BCUT2D eigenvalue weighted by atomic mass is 10.0. The van der Waals surface area contributed by atoms with Gasteiger partial charge in [0.15, 0.2) is 0 Å². The number of hydrazone groups is 1. The Morgan fingerprint density at radius 1 is 0.958 bits per heavy atom. The largest absolute Gasteiger partial charge is 0.278 e. The maximum Gasteiger partial charge on any atom is 0.238 e. The Morgan fingerprint density at radius 2 is 1.62 bits per heavy atom. The van der Waals surface area contributed by atoms with Gasteiger partial charge in [-0.05, 0) is 42.0 Å². The fraction of sp³-hybridized carbons (Fsp3) is 0.0556. The van der Waals surface area contributed by atoms with Crippen LogP contribution in [0.5, 0.6) is 0 Å². The quantitative estimate of drug-likeness (QED) is 0.565. The van der Waals surface area contributed by atoms with E-state index in [-0.39, 0.29) is 4.90 Å². The molecule has 3 aromatic rings. The first-order valence-corrected chi connectivity index (χ1v) is 8.91. The second kappa shape index (κ2) is 6.43. The maximum atomic E-state index is 11.2. The minimum absolute atomic E-state index is 0.0720. The number of hydrogen-bond acceptors (Lipinski definition) is 4. The summed E-state index contributed by atoms with van der Waals surface area (Å²) < 4.78 is 22.5. The van der Waals surface area contributed by atoms with E-state index in [1.165, 1.54) is 12.1 Å². The van der Waals surface area contributed by atoms with Crippen LogP contribution >= 0.6 is 0 Å². The molecule has 5 nitrogen and oxygen atoms in total. The molecule has 0 heterocycles. The summed E-state index contributed by atoms with van der Waals surface area (Å²) in [5, 5.41) is 11.8. The summed E-state index contributed by atoms with van der Waals surface area (Å²) in [4.78, 5) is 0.0720. The third kappa shape index (κ3) is 3.45. The molecule has 0 saturated heterocycles. The second-order valence-electron chi connectivity index (χ2n) is 5.41. The smallest absolute Gasteiger partial charge is 0.238 e. The zero-order chi connectivity index (χ0) is 17.2. The van der Waals surface area contributed by atoms with Gasteiger partial charge in [0.2, 0.25) is 10.0 Å². The molecular formula is C18H17N3O2S. The van der Waals surface area contributed by atoms with Gasteiger partial charge in [-0.2, -0.15) is 5.10 Å². The molecule has 0 atom stereocenters. The third-order valence-corrected chi connectivity index (χ3v) is 4.64. The molecular weight excluding hydrogens is 322 g/mol. The number of nitrogens with two attached hydrogens (primary N) is 1. The molecule has 0 spiro atoms. The monoisotopic (exact) mass is 339 g/mol. The van der Waals surface area contributed by atoms with Crippen molar-refractivity contribution in [1.82, 2.24) is 0 Å². The number of anilines is 1. The van der Waals surface area contributed by atoms with Crippen LogP contribution in [0.1, 0.15) is 12.5 Å². The van der Waals surface area contributed by atoms with E-state index in [2.05, 4.69) is 28.7 Å². The Labute approximate surface area is 140 Å². The average Bonchev–Trinajstić information content (AvgIpc) is 2.59. The Morgan fingerprint density at radius 3 is 2.33 bits per heavy atom. The van der Waals surface area contributed by atoms with Crippen LogP contribution in [0, 0.1) is 0 Å². The van der Waals surface area contributed by atoms with Gasteiger partial charge >= 0.3 is 0 Å². The van der Waals surface area contributed by atoms with Gasteiger partial charge in [-0.25, -0.2) is 13.6 Å². The first kappa shape index (κ1) is 16.2. The lowest BCUT2D eigenvalue weighted by molar-refractivity contribution is 0.598. The SMILES string of the molecule is C/C(=N\Nc1ccc(S(N)(=O)=O)cc1)c1cccc2ccccc12. The van der Waals surface area contributed by atoms with E-state index in [0.29, 0.717) is 5.69 Å². The predicted octanol–water partition coefficient (Wildman–Crippen LogP) is 3.32.